The quantitative estimate of drug-likeness (QED) is 0.811. The van der Waals surface area contributed by atoms with Gasteiger partial charge in [0, 0.05) is 7.11 Å². The molecule has 128 valence electrons. The first-order chi connectivity index (χ1) is 11.4. The maximum absolute atomic E-state index is 12.5. The van der Waals surface area contributed by atoms with Crippen LogP contribution in [0.25, 0.3) is 10.2 Å². The number of amides is 1. The second-order valence-electron chi connectivity index (χ2n) is 5.66. The molecule has 0 saturated heterocycles. The van der Waals surface area contributed by atoms with Crippen LogP contribution < -0.4 is 10.1 Å². The van der Waals surface area contributed by atoms with Gasteiger partial charge in [-0.05, 0) is 25.3 Å². The Hall–Kier alpha value is -2.26. The first-order valence-electron chi connectivity index (χ1n) is 7.30. The molecule has 0 bridgehead atoms. The van der Waals surface area contributed by atoms with Crippen LogP contribution in [0.2, 0.25) is 0 Å². The van der Waals surface area contributed by atoms with Gasteiger partial charge >= 0.3 is 5.97 Å². The van der Waals surface area contributed by atoms with E-state index in [9.17, 15) is 14.7 Å². The second-order valence-corrected chi connectivity index (χ2v) is 6.66. The van der Waals surface area contributed by atoms with Crippen molar-refractivity contribution in [3.8, 4) is 5.88 Å². The zero-order chi connectivity index (χ0) is 17.5. The fourth-order valence-corrected chi connectivity index (χ4v) is 3.58. The molecule has 0 spiro atoms. The first kappa shape index (κ1) is 16.6. The Labute approximate surface area is 141 Å². The SMILES string of the molecule is COCc1nc(OC)c2c(C)c(C(=O)NC3(C(=O)O)CC3)sc2n1. The summed E-state index contributed by atoms with van der Waals surface area (Å²) in [5.74, 6) is -0.585. The van der Waals surface area contributed by atoms with Crippen LogP contribution in [0.1, 0.15) is 33.9 Å². The lowest BCUT2D eigenvalue weighted by molar-refractivity contribution is -0.140. The molecular weight excluding hydrogens is 334 g/mol. The molecule has 9 heteroatoms. The van der Waals surface area contributed by atoms with Crippen molar-refractivity contribution in [3.63, 3.8) is 0 Å². The molecule has 1 fully saturated rings. The summed E-state index contributed by atoms with van der Waals surface area (Å²) in [5.41, 5.74) is -0.453. The zero-order valence-electron chi connectivity index (χ0n) is 13.5. The highest BCUT2D eigenvalue weighted by atomic mass is 32.1. The van der Waals surface area contributed by atoms with Crippen molar-refractivity contribution in [2.75, 3.05) is 14.2 Å². The molecule has 1 saturated carbocycles. The molecule has 24 heavy (non-hydrogen) atoms. The van der Waals surface area contributed by atoms with Gasteiger partial charge in [0.2, 0.25) is 5.88 Å². The molecule has 0 unspecified atom stereocenters. The molecule has 1 aliphatic carbocycles. The van der Waals surface area contributed by atoms with E-state index in [1.54, 1.807) is 14.0 Å². The highest BCUT2D eigenvalue weighted by Crippen LogP contribution is 2.38. The fourth-order valence-electron chi connectivity index (χ4n) is 2.49. The average molecular weight is 351 g/mol. The summed E-state index contributed by atoms with van der Waals surface area (Å²) in [6.07, 6.45) is 0.887. The number of nitrogens with zero attached hydrogens (tertiary/aromatic N) is 2. The number of hydrogen-bond acceptors (Lipinski definition) is 7. The number of carbonyl (C=O) groups excluding carboxylic acids is 1. The number of methoxy groups -OCH3 is 2. The number of nitrogens with one attached hydrogen (secondary N) is 1. The topological polar surface area (TPSA) is 111 Å². The van der Waals surface area contributed by atoms with Crippen molar-refractivity contribution < 1.29 is 24.2 Å². The molecular formula is C15H17N3O5S. The highest BCUT2D eigenvalue weighted by molar-refractivity contribution is 7.20. The molecule has 0 atom stereocenters. The van der Waals surface area contributed by atoms with E-state index in [1.807, 2.05) is 0 Å². The minimum atomic E-state index is -1.13. The fraction of sp³-hybridized carbons (Fsp3) is 0.467. The van der Waals surface area contributed by atoms with Gasteiger partial charge in [-0.3, -0.25) is 4.79 Å². The van der Waals surface area contributed by atoms with E-state index >= 15 is 0 Å². The van der Waals surface area contributed by atoms with Gasteiger partial charge in [-0.15, -0.1) is 11.3 Å². The van der Waals surface area contributed by atoms with E-state index in [0.29, 0.717) is 45.2 Å². The summed E-state index contributed by atoms with van der Waals surface area (Å²) >= 11 is 1.19. The maximum atomic E-state index is 12.5. The zero-order valence-corrected chi connectivity index (χ0v) is 14.3. The third-order valence-corrected chi connectivity index (χ3v) is 5.17. The predicted molar refractivity (Wildman–Crippen MR) is 86.5 cm³/mol. The third-order valence-electron chi connectivity index (χ3n) is 3.99. The molecule has 2 N–H and O–H groups in total. The van der Waals surface area contributed by atoms with Crippen LogP contribution in [-0.2, 0) is 16.1 Å². The number of thiophene rings is 1. The van der Waals surface area contributed by atoms with Crippen molar-refractivity contribution in [3.05, 3.63) is 16.3 Å². The summed E-state index contributed by atoms with van der Waals surface area (Å²) in [4.78, 5) is 33.5. The molecule has 3 rings (SSSR count). The Bertz CT molecular complexity index is 828. The first-order valence-corrected chi connectivity index (χ1v) is 8.12. The molecule has 2 aromatic rings. The Morgan fingerprint density at radius 1 is 1.33 bits per heavy atom. The summed E-state index contributed by atoms with van der Waals surface area (Å²) in [6, 6.07) is 0. The van der Waals surface area contributed by atoms with E-state index < -0.39 is 17.4 Å². The molecule has 8 nitrogen and oxygen atoms in total. The van der Waals surface area contributed by atoms with Crippen LogP contribution in [0.4, 0.5) is 0 Å². The smallest absolute Gasteiger partial charge is 0.329 e. The molecule has 2 heterocycles. The van der Waals surface area contributed by atoms with Crippen molar-refractivity contribution in [2.24, 2.45) is 0 Å². The number of rotatable bonds is 6. The molecule has 0 aliphatic heterocycles. The Balaban J connectivity index is 2.01. The number of aliphatic carboxylic acids is 1. The molecule has 1 aliphatic rings. The third kappa shape index (κ3) is 2.69. The molecule has 1 amide bonds. The number of carbonyl (C=O) groups is 2. The Morgan fingerprint density at radius 3 is 2.58 bits per heavy atom. The number of ether oxygens (including phenoxy) is 2. The van der Waals surface area contributed by atoms with Crippen LogP contribution in [0.3, 0.4) is 0 Å². The van der Waals surface area contributed by atoms with E-state index in [0.717, 1.165) is 0 Å². The molecule has 0 aromatic carbocycles. The molecule has 0 radical (unpaired) electrons. The summed E-state index contributed by atoms with van der Waals surface area (Å²) in [6.45, 7) is 2.00. The van der Waals surface area contributed by atoms with Gasteiger partial charge in [-0.1, -0.05) is 0 Å². The van der Waals surface area contributed by atoms with Crippen molar-refractivity contribution in [2.45, 2.75) is 31.9 Å². The average Bonchev–Trinajstić information content (AvgIpc) is 3.25. The number of aromatic nitrogens is 2. The summed E-state index contributed by atoms with van der Waals surface area (Å²) < 4.78 is 10.4. The van der Waals surface area contributed by atoms with Crippen LogP contribution >= 0.6 is 11.3 Å². The number of carboxylic acid groups (broad SMARTS) is 1. The number of carboxylic acids is 1. The summed E-state index contributed by atoms with van der Waals surface area (Å²) in [7, 11) is 3.04. The molecule has 2 aromatic heterocycles. The highest BCUT2D eigenvalue weighted by Gasteiger charge is 2.52. The van der Waals surface area contributed by atoms with Crippen LogP contribution in [0, 0.1) is 6.92 Å². The minimum Gasteiger partial charge on any atom is -0.480 e. The number of hydrogen-bond donors (Lipinski definition) is 2. The van der Waals surface area contributed by atoms with Gasteiger partial charge in [0.25, 0.3) is 5.91 Å². The van der Waals surface area contributed by atoms with Gasteiger partial charge in [0.05, 0.1) is 17.4 Å². The van der Waals surface area contributed by atoms with Crippen LogP contribution in [-0.4, -0.2) is 46.7 Å². The largest absolute Gasteiger partial charge is 0.480 e. The van der Waals surface area contributed by atoms with Gasteiger partial charge in [-0.2, -0.15) is 4.98 Å². The van der Waals surface area contributed by atoms with E-state index in [-0.39, 0.29) is 6.61 Å². The maximum Gasteiger partial charge on any atom is 0.329 e. The minimum absolute atomic E-state index is 0.229. The Kier molecular flexibility index (Phi) is 4.14. The van der Waals surface area contributed by atoms with Gasteiger partial charge < -0.3 is 19.9 Å². The lowest BCUT2D eigenvalue weighted by Gasteiger charge is -2.11. The lowest BCUT2D eigenvalue weighted by atomic mass is 10.2. The number of aryl methyl sites for hydroxylation is 1. The summed E-state index contributed by atoms with van der Waals surface area (Å²) in [5, 5.41) is 12.5. The van der Waals surface area contributed by atoms with Gasteiger partial charge in [-0.25, -0.2) is 9.78 Å². The van der Waals surface area contributed by atoms with E-state index in [1.165, 1.54) is 18.4 Å². The van der Waals surface area contributed by atoms with Crippen molar-refractivity contribution >= 4 is 33.4 Å². The van der Waals surface area contributed by atoms with E-state index in [4.69, 9.17) is 9.47 Å². The van der Waals surface area contributed by atoms with Crippen molar-refractivity contribution in [1.29, 1.82) is 0 Å². The van der Waals surface area contributed by atoms with Gasteiger partial charge in [0.15, 0.2) is 5.82 Å². The number of fused-ring (bicyclic) bond motifs is 1. The van der Waals surface area contributed by atoms with Gasteiger partial charge in [0.1, 0.15) is 17.0 Å². The van der Waals surface area contributed by atoms with Crippen LogP contribution in [0.15, 0.2) is 0 Å². The second kappa shape index (κ2) is 5.99. The normalized spacial score (nSPS) is 15.3. The van der Waals surface area contributed by atoms with Crippen molar-refractivity contribution in [1.82, 2.24) is 15.3 Å². The van der Waals surface area contributed by atoms with E-state index in [2.05, 4.69) is 15.3 Å². The monoisotopic (exact) mass is 351 g/mol. The lowest BCUT2D eigenvalue weighted by Crippen LogP contribution is -2.42. The Morgan fingerprint density at radius 2 is 2.04 bits per heavy atom. The standard InChI is InChI=1S/C15H17N3O5S/c1-7-9-12(23-3)16-8(6-22-2)17-13(9)24-10(7)11(19)18-15(4-5-15)14(20)21/h4-6H2,1-3H3,(H,18,19)(H,20,21). The predicted octanol–water partition coefficient (Wildman–Crippen LogP) is 1.50. The van der Waals surface area contributed by atoms with Crippen LogP contribution in [0.5, 0.6) is 5.88 Å².